The van der Waals surface area contributed by atoms with E-state index in [4.69, 9.17) is 10.3 Å². The van der Waals surface area contributed by atoms with E-state index in [9.17, 15) is 0 Å². The van der Waals surface area contributed by atoms with Crippen LogP contribution in [0.4, 0.5) is 0 Å². The molecule has 106 valence electrons. The van der Waals surface area contributed by atoms with Crippen molar-refractivity contribution in [1.82, 2.24) is 15.1 Å². The van der Waals surface area contributed by atoms with Crippen LogP contribution in [0.15, 0.2) is 51.6 Å². The molecule has 2 N–H and O–H groups in total. The summed E-state index contributed by atoms with van der Waals surface area (Å²) in [7, 11) is 0. The lowest BCUT2D eigenvalue weighted by atomic mass is 10.1. The van der Waals surface area contributed by atoms with E-state index in [-0.39, 0.29) is 0 Å². The van der Waals surface area contributed by atoms with Crippen molar-refractivity contribution >= 4 is 15.9 Å². The third kappa shape index (κ3) is 3.01. The van der Waals surface area contributed by atoms with E-state index in [1.165, 1.54) is 5.56 Å². The number of rotatable bonds is 4. The zero-order valence-corrected chi connectivity index (χ0v) is 12.7. The first-order valence-corrected chi connectivity index (χ1v) is 7.31. The molecule has 0 amide bonds. The van der Waals surface area contributed by atoms with Gasteiger partial charge in [-0.05, 0) is 58.7 Å². The topological polar surface area (TPSA) is 77.8 Å². The summed E-state index contributed by atoms with van der Waals surface area (Å²) < 4.78 is 6.14. The van der Waals surface area contributed by atoms with E-state index in [1.54, 1.807) is 6.20 Å². The Morgan fingerprint density at radius 3 is 2.67 bits per heavy atom. The smallest absolute Gasteiger partial charge is 0.258 e. The number of aromatic nitrogens is 3. The van der Waals surface area contributed by atoms with Gasteiger partial charge in [0.2, 0.25) is 5.82 Å². The Bertz CT molecular complexity index is 739. The fraction of sp³-hybridized carbons (Fsp3) is 0.133. The number of hydrogen-bond acceptors (Lipinski definition) is 5. The number of halogens is 1. The van der Waals surface area contributed by atoms with E-state index >= 15 is 0 Å². The number of nitrogens with two attached hydrogens (primary N) is 1. The Morgan fingerprint density at radius 1 is 1.14 bits per heavy atom. The average molecular weight is 345 g/mol. The maximum atomic E-state index is 5.54. The lowest BCUT2D eigenvalue weighted by molar-refractivity contribution is 0.432. The summed E-state index contributed by atoms with van der Waals surface area (Å²) in [5.74, 6) is 0.936. The van der Waals surface area contributed by atoms with Crippen molar-refractivity contribution in [2.24, 2.45) is 5.73 Å². The van der Waals surface area contributed by atoms with Gasteiger partial charge in [-0.15, -0.1) is 0 Å². The molecule has 0 saturated carbocycles. The van der Waals surface area contributed by atoms with Gasteiger partial charge < -0.3 is 10.3 Å². The lowest BCUT2D eigenvalue weighted by Gasteiger charge is -1.99. The molecule has 2 heterocycles. The van der Waals surface area contributed by atoms with Crippen LogP contribution in [0.5, 0.6) is 0 Å². The molecular weight excluding hydrogens is 332 g/mol. The summed E-state index contributed by atoms with van der Waals surface area (Å²) in [5.41, 5.74) is 8.26. The van der Waals surface area contributed by atoms with E-state index in [0.29, 0.717) is 24.0 Å². The highest BCUT2D eigenvalue weighted by molar-refractivity contribution is 9.10. The second kappa shape index (κ2) is 6.15. The summed E-state index contributed by atoms with van der Waals surface area (Å²) in [6.45, 7) is 0.637. The fourth-order valence-corrected chi connectivity index (χ4v) is 2.40. The van der Waals surface area contributed by atoms with Crippen LogP contribution >= 0.6 is 15.9 Å². The van der Waals surface area contributed by atoms with Crippen LogP contribution in [-0.4, -0.2) is 21.7 Å². The molecule has 0 saturated heterocycles. The first-order valence-electron chi connectivity index (χ1n) is 6.52. The first kappa shape index (κ1) is 13.9. The molecule has 0 fully saturated rings. The highest BCUT2D eigenvalue weighted by Gasteiger charge is 2.13. The monoisotopic (exact) mass is 344 g/mol. The Kier molecular flexibility index (Phi) is 4.08. The Morgan fingerprint density at radius 2 is 1.95 bits per heavy atom. The van der Waals surface area contributed by atoms with Crippen LogP contribution < -0.4 is 5.73 Å². The highest BCUT2D eigenvalue weighted by Crippen LogP contribution is 2.26. The van der Waals surface area contributed by atoms with Crippen molar-refractivity contribution in [3.8, 4) is 23.0 Å². The van der Waals surface area contributed by atoms with E-state index in [2.05, 4.69) is 31.1 Å². The van der Waals surface area contributed by atoms with Gasteiger partial charge in [0.05, 0.1) is 0 Å². The molecule has 6 heteroatoms. The molecule has 2 aromatic heterocycles. The highest BCUT2D eigenvalue weighted by atomic mass is 79.9. The molecule has 5 nitrogen and oxygen atoms in total. The van der Waals surface area contributed by atoms with Crippen LogP contribution in [-0.2, 0) is 6.42 Å². The van der Waals surface area contributed by atoms with E-state index in [1.807, 2.05) is 36.4 Å². The van der Waals surface area contributed by atoms with Crippen molar-refractivity contribution in [3.05, 3.63) is 52.6 Å². The molecule has 0 spiro atoms. The zero-order chi connectivity index (χ0) is 14.7. The molecule has 3 aromatic rings. The van der Waals surface area contributed by atoms with Crippen LogP contribution in [0.1, 0.15) is 5.56 Å². The second-order valence-electron chi connectivity index (χ2n) is 4.49. The van der Waals surface area contributed by atoms with E-state index in [0.717, 1.165) is 16.5 Å². The lowest BCUT2D eigenvalue weighted by Crippen LogP contribution is -2.02. The van der Waals surface area contributed by atoms with Crippen LogP contribution in [0.25, 0.3) is 23.0 Å². The Labute approximate surface area is 130 Å². The minimum atomic E-state index is 0.462. The largest absolute Gasteiger partial charge is 0.334 e. The summed E-state index contributed by atoms with van der Waals surface area (Å²) in [6, 6.07) is 11.7. The maximum absolute atomic E-state index is 5.54. The van der Waals surface area contributed by atoms with Crippen molar-refractivity contribution in [3.63, 3.8) is 0 Å². The maximum Gasteiger partial charge on any atom is 0.258 e. The standard InChI is InChI=1S/C15H13BrN4O/c16-12-2-1-9-18-13(12)14-19-15(21-20-14)11-5-3-10(4-6-11)7-8-17/h1-6,9H,7-8,17H2. The summed E-state index contributed by atoms with van der Waals surface area (Å²) in [4.78, 5) is 8.64. The molecule has 0 radical (unpaired) electrons. The first-order chi connectivity index (χ1) is 10.3. The molecular formula is C15H13BrN4O. The van der Waals surface area contributed by atoms with Crippen LogP contribution in [0, 0.1) is 0 Å². The predicted octanol–water partition coefficient (Wildman–Crippen LogP) is 3.06. The van der Waals surface area contributed by atoms with Crippen molar-refractivity contribution in [2.75, 3.05) is 6.54 Å². The number of hydrogen-bond donors (Lipinski definition) is 1. The van der Waals surface area contributed by atoms with Gasteiger partial charge >= 0.3 is 0 Å². The average Bonchev–Trinajstić information content (AvgIpc) is 2.98. The van der Waals surface area contributed by atoms with Gasteiger partial charge in [0.1, 0.15) is 5.69 Å². The van der Waals surface area contributed by atoms with Gasteiger partial charge in [-0.1, -0.05) is 17.3 Å². The van der Waals surface area contributed by atoms with Gasteiger partial charge in [-0.25, -0.2) is 0 Å². The van der Waals surface area contributed by atoms with Crippen LogP contribution in [0.3, 0.4) is 0 Å². The SMILES string of the molecule is NCCc1ccc(-c2nc(-c3ncccc3Br)no2)cc1. The van der Waals surface area contributed by atoms with Gasteiger partial charge in [-0.2, -0.15) is 4.98 Å². The molecule has 21 heavy (non-hydrogen) atoms. The predicted molar refractivity (Wildman–Crippen MR) is 83.4 cm³/mol. The van der Waals surface area contributed by atoms with Crippen molar-refractivity contribution < 1.29 is 4.52 Å². The molecule has 0 aliphatic carbocycles. The second-order valence-corrected chi connectivity index (χ2v) is 5.35. The molecule has 0 unspecified atom stereocenters. The fourth-order valence-electron chi connectivity index (χ4n) is 1.97. The van der Waals surface area contributed by atoms with Gasteiger partial charge in [0, 0.05) is 16.2 Å². The van der Waals surface area contributed by atoms with Gasteiger partial charge in [0.15, 0.2) is 0 Å². The van der Waals surface area contributed by atoms with Gasteiger partial charge in [0.25, 0.3) is 5.89 Å². The number of pyridine rings is 1. The third-order valence-corrected chi connectivity index (χ3v) is 3.67. The van der Waals surface area contributed by atoms with Crippen molar-refractivity contribution in [2.45, 2.75) is 6.42 Å². The van der Waals surface area contributed by atoms with Crippen LogP contribution in [0.2, 0.25) is 0 Å². The summed E-state index contributed by atoms with van der Waals surface area (Å²) >= 11 is 3.43. The zero-order valence-electron chi connectivity index (χ0n) is 11.2. The summed E-state index contributed by atoms with van der Waals surface area (Å²) in [6.07, 6.45) is 2.55. The van der Waals surface area contributed by atoms with Gasteiger partial charge in [-0.3, -0.25) is 4.98 Å². The van der Waals surface area contributed by atoms with Crippen molar-refractivity contribution in [1.29, 1.82) is 0 Å². The quantitative estimate of drug-likeness (QED) is 0.786. The third-order valence-electron chi connectivity index (χ3n) is 3.03. The Balaban J connectivity index is 1.89. The minimum Gasteiger partial charge on any atom is -0.334 e. The number of benzene rings is 1. The normalized spacial score (nSPS) is 10.8. The Hall–Kier alpha value is -2.05. The molecule has 0 bridgehead atoms. The minimum absolute atomic E-state index is 0.462. The molecule has 0 aliphatic rings. The molecule has 0 aliphatic heterocycles. The van der Waals surface area contributed by atoms with E-state index < -0.39 is 0 Å². The summed E-state index contributed by atoms with van der Waals surface area (Å²) in [5, 5.41) is 3.98. The number of nitrogens with zero attached hydrogens (tertiary/aromatic N) is 3. The molecule has 1 aromatic carbocycles. The molecule has 3 rings (SSSR count). The molecule has 0 atom stereocenters.